The molecule has 1 rings (SSSR count). The first kappa shape index (κ1) is 16.0. The number of hydrogen-bond donors (Lipinski definition) is 0. The molecule has 1 aromatic carbocycles. The summed E-state index contributed by atoms with van der Waals surface area (Å²) in [6.45, 7) is 12.8. The number of hydrogen-bond acceptors (Lipinski definition) is 2. The first-order valence-electron chi connectivity index (χ1n) is 6.58. The Morgan fingerprint density at radius 1 is 1.05 bits per heavy atom. The van der Waals surface area contributed by atoms with Crippen LogP contribution < -0.4 is 4.43 Å². The Labute approximate surface area is 118 Å². The van der Waals surface area contributed by atoms with Crippen LogP contribution in [-0.2, 0) is 0 Å². The maximum atomic E-state index is 12.6. The Morgan fingerprint density at radius 2 is 1.58 bits per heavy atom. The molecule has 3 nitrogen and oxygen atoms in total. The minimum absolute atomic E-state index is 0.0630. The van der Waals surface area contributed by atoms with Gasteiger partial charge in [0.25, 0.3) is 0 Å². The predicted octanol–water partition coefficient (Wildman–Crippen LogP) is 3.81. The Bertz CT molecular complexity index is 461. The molecule has 0 unspecified atom stereocenters. The zero-order valence-electron chi connectivity index (χ0n) is 13.1. The van der Waals surface area contributed by atoms with Crippen LogP contribution in [0.15, 0.2) is 24.3 Å². The Kier molecular flexibility index (Phi) is 4.63. The van der Waals surface area contributed by atoms with Crippen LogP contribution >= 0.6 is 0 Å². The van der Waals surface area contributed by atoms with Crippen LogP contribution in [-0.4, -0.2) is 34.1 Å². The number of carbonyl (C=O) groups excluding carboxylic acids is 1. The quantitative estimate of drug-likeness (QED) is 0.791. The first-order chi connectivity index (χ1) is 8.52. The molecule has 1 aromatic rings. The Hall–Kier alpha value is -1.08. The van der Waals surface area contributed by atoms with Gasteiger partial charge in [0.05, 0.1) is 5.56 Å². The second-order valence-electron chi connectivity index (χ2n) is 6.75. The normalized spacial score (nSPS) is 12.2. The fourth-order valence-electron chi connectivity index (χ4n) is 1.55. The van der Waals surface area contributed by atoms with Crippen LogP contribution in [0.2, 0.25) is 39.3 Å². The monoisotopic (exact) mass is 295 g/mol. The largest absolute Gasteiger partial charge is 0.544 e. The number of nitrogens with zero attached hydrogens (tertiary/aromatic N) is 1. The van der Waals surface area contributed by atoms with Crippen LogP contribution in [0, 0.1) is 0 Å². The maximum Gasteiger partial charge on any atom is 0.249 e. The molecule has 0 atom stereocenters. The minimum atomic E-state index is -1.72. The lowest BCUT2D eigenvalue weighted by atomic mass is 10.2. The van der Waals surface area contributed by atoms with Gasteiger partial charge in [-0.2, -0.15) is 0 Å². The van der Waals surface area contributed by atoms with Crippen molar-refractivity contribution in [3.8, 4) is 5.75 Å². The van der Waals surface area contributed by atoms with Crippen molar-refractivity contribution in [1.82, 2.24) is 4.57 Å². The van der Waals surface area contributed by atoms with Gasteiger partial charge in [-0.3, -0.25) is 4.79 Å². The van der Waals surface area contributed by atoms with Gasteiger partial charge in [0.2, 0.25) is 14.2 Å². The molecule has 0 radical (unpaired) electrons. The van der Waals surface area contributed by atoms with Gasteiger partial charge < -0.3 is 8.99 Å². The highest BCUT2D eigenvalue weighted by Gasteiger charge is 2.28. The van der Waals surface area contributed by atoms with E-state index in [0.717, 1.165) is 5.75 Å². The lowest BCUT2D eigenvalue weighted by Gasteiger charge is -2.31. The lowest BCUT2D eigenvalue weighted by Crippen LogP contribution is -2.47. The number of rotatable bonds is 4. The van der Waals surface area contributed by atoms with Crippen LogP contribution in [0.3, 0.4) is 0 Å². The molecule has 106 valence electrons. The van der Waals surface area contributed by atoms with Crippen molar-refractivity contribution in [2.24, 2.45) is 0 Å². The van der Waals surface area contributed by atoms with E-state index < -0.39 is 16.6 Å². The predicted molar refractivity (Wildman–Crippen MR) is 85.9 cm³/mol. The second kappa shape index (κ2) is 5.50. The van der Waals surface area contributed by atoms with Crippen molar-refractivity contribution in [2.45, 2.75) is 39.3 Å². The summed E-state index contributed by atoms with van der Waals surface area (Å²) in [4.78, 5) is 12.6. The van der Waals surface area contributed by atoms with Gasteiger partial charge >= 0.3 is 0 Å². The van der Waals surface area contributed by atoms with E-state index in [9.17, 15) is 4.79 Å². The van der Waals surface area contributed by atoms with Gasteiger partial charge in [0, 0.05) is 7.05 Å². The summed E-state index contributed by atoms with van der Waals surface area (Å²) in [5.41, 5.74) is 0.676. The number of para-hydroxylation sites is 1. The van der Waals surface area contributed by atoms with Crippen molar-refractivity contribution in [2.75, 3.05) is 7.05 Å². The van der Waals surface area contributed by atoms with Gasteiger partial charge in [-0.05, 0) is 31.8 Å². The number of amides is 1. The van der Waals surface area contributed by atoms with Crippen molar-refractivity contribution < 1.29 is 9.22 Å². The molecule has 0 saturated carbocycles. The molecule has 0 aliphatic rings. The molecule has 0 bridgehead atoms. The Balaban J connectivity index is 3.11. The average molecular weight is 296 g/mol. The lowest BCUT2D eigenvalue weighted by molar-refractivity contribution is 0.0872. The minimum Gasteiger partial charge on any atom is -0.544 e. The van der Waals surface area contributed by atoms with Crippen molar-refractivity contribution in [3.05, 3.63) is 29.8 Å². The van der Waals surface area contributed by atoms with Crippen LogP contribution in [0.25, 0.3) is 0 Å². The van der Waals surface area contributed by atoms with Gasteiger partial charge in [0.15, 0.2) is 8.24 Å². The highest BCUT2D eigenvalue weighted by Crippen LogP contribution is 2.24. The highest BCUT2D eigenvalue weighted by atomic mass is 28.4. The van der Waals surface area contributed by atoms with Gasteiger partial charge in [-0.25, -0.2) is 0 Å². The van der Waals surface area contributed by atoms with E-state index in [-0.39, 0.29) is 5.91 Å². The van der Waals surface area contributed by atoms with Crippen molar-refractivity contribution >= 4 is 22.5 Å². The molecule has 0 spiro atoms. The van der Waals surface area contributed by atoms with E-state index in [1.807, 2.05) is 35.9 Å². The van der Waals surface area contributed by atoms with Gasteiger partial charge in [0.1, 0.15) is 5.75 Å². The molecule has 0 fully saturated rings. The summed E-state index contributed by atoms with van der Waals surface area (Å²) in [5, 5.41) is 0. The molecule has 0 N–H and O–H groups in total. The molecule has 0 heterocycles. The van der Waals surface area contributed by atoms with E-state index in [1.165, 1.54) is 0 Å². The van der Waals surface area contributed by atoms with Crippen molar-refractivity contribution in [3.63, 3.8) is 0 Å². The molecule has 1 amide bonds. The number of benzene rings is 1. The molecule has 0 aliphatic carbocycles. The smallest absolute Gasteiger partial charge is 0.249 e. The average Bonchev–Trinajstić information content (AvgIpc) is 2.24. The second-order valence-corrected chi connectivity index (χ2v) is 16.2. The number of carbonyl (C=O) groups is 1. The fraction of sp³-hybridized carbons (Fsp3) is 0.500. The first-order valence-corrected chi connectivity index (χ1v) is 13.4. The third kappa shape index (κ3) is 4.51. The summed E-state index contributed by atoms with van der Waals surface area (Å²) in [5.74, 6) is 0.782. The van der Waals surface area contributed by atoms with E-state index in [1.54, 1.807) is 0 Å². The highest BCUT2D eigenvalue weighted by molar-refractivity contribution is 6.75. The molecular weight excluding hydrogens is 270 g/mol. The molecule has 5 heteroatoms. The summed E-state index contributed by atoms with van der Waals surface area (Å²) < 4.78 is 7.91. The summed E-state index contributed by atoms with van der Waals surface area (Å²) in [6, 6.07) is 7.56. The van der Waals surface area contributed by atoms with Crippen LogP contribution in [0.5, 0.6) is 5.75 Å². The summed E-state index contributed by atoms with van der Waals surface area (Å²) >= 11 is 0. The van der Waals surface area contributed by atoms with Gasteiger partial charge in [-0.15, -0.1) is 0 Å². The van der Waals surface area contributed by atoms with E-state index in [0.29, 0.717) is 5.56 Å². The Morgan fingerprint density at radius 3 is 2.05 bits per heavy atom. The zero-order chi connectivity index (χ0) is 14.8. The summed E-state index contributed by atoms with van der Waals surface area (Å²) in [6.07, 6.45) is 0. The zero-order valence-corrected chi connectivity index (χ0v) is 15.1. The standard InChI is InChI=1S/C14H25NO2Si2/c1-15(18(2,3)4)14(16)12-10-8-9-11-13(12)17-19(5,6)7/h8-11H,1-7H3. The van der Waals surface area contributed by atoms with Crippen LogP contribution in [0.4, 0.5) is 0 Å². The van der Waals surface area contributed by atoms with Crippen molar-refractivity contribution in [1.29, 1.82) is 0 Å². The topological polar surface area (TPSA) is 29.5 Å². The van der Waals surface area contributed by atoms with Crippen LogP contribution in [0.1, 0.15) is 10.4 Å². The van der Waals surface area contributed by atoms with E-state index in [4.69, 9.17) is 4.43 Å². The van der Waals surface area contributed by atoms with Gasteiger partial charge in [-0.1, -0.05) is 31.8 Å². The third-order valence-electron chi connectivity index (χ3n) is 2.84. The maximum absolute atomic E-state index is 12.6. The molecule has 19 heavy (non-hydrogen) atoms. The summed E-state index contributed by atoms with van der Waals surface area (Å²) in [7, 11) is -1.48. The fourth-order valence-corrected chi connectivity index (χ4v) is 3.11. The third-order valence-corrected chi connectivity index (χ3v) is 5.89. The SMILES string of the molecule is CN(C(=O)c1ccccc1O[Si](C)(C)C)[Si](C)(C)C. The molecule has 0 aromatic heterocycles. The van der Waals surface area contributed by atoms with E-state index in [2.05, 4.69) is 39.3 Å². The molecule has 0 saturated heterocycles. The molecule has 0 aliphatic heterocycles. The molecular formula is C14H25NO2Si2. The van der Waals surface area contributed by atoms with E-state index >= 15 is 0 Å².